The summed E-state index contributed by atoms with van der Waals surface area (Å²) in [6.45, 7) is 7.65. The van der Waals surface area contributed by atoms with Crippen LogP contribution in [0.25, 0.3) is 0 Å². The molecule has 1 amide bonds. The maximum Gasteiger partial charge on any atom is 0.241 e. The van der Waals surface area contributed by atoms with Gasteiger partial charge in [-0.25, -0.2) is 4.99 Å². The minimum absolute atomic E-state index is 0. The van der Waals surface area contributed by atoms with Crippen LogP contribution in [0.3, 0.4) is 0 Å². The molecule has 0 saturated carbocycles. The van der Waals surface area contributed by atoms with Crippen molar-refractivity contribution in [2.75, 3.05) is 33.8 Å². The van der Waals surface area contributed by atoms with Crippen molar-refractivity contribution >= 4 is 35.8 Å². The number of carbonyl (C=O) groups excluding carboxylic acids is 1. The molecule has 0 unspecified atom stereocenters. The van der Waals surface area contributed by atoms with Gasteiger partial charge in [0, 0.05) is 26.2 Å². The molecule has 2 N–H and O–H groups in total. The Morgan fingerprint density at radius 1 is 1.32 bits per heavy atom. The van der Waals surface area contributed by atoms with Crippen LogP contribution >= 0.6 is 24.0 Å². The van der Waals surface area contributed by atoms with Gasteiger partial charge in [0.25, 0.3) is 0 Å². The smallest absolute Gasteiger partial charge is 0.241 e. The molecule has 1 aromatic carbocycles. The summed E-state index contributed by atoms with van der Waals surface area (Å²) in [4.78, 5) is 17.8. The lowest BCUT2D eigenvalue weighted by molar-refractivity contribution is -0.127. The average molecular weight is 460 g/mol. The molecule has 1 rings (SSSR count). The number of guanidine groups is 1. The van der Waals surface area contributed by atoms with E-state index in [2.05, 4.69) is 29.1 Å². The van der Waals surface area contributed by atoms with Gasteiger partial charge in [-0.1, -0.05) is 37.8 Å². The van der Waals surface area contributed by atoms with Gasteiger partial charge >= 0.3 is 0 Å². The zero-order valence-electron chi connectivity index (χ0n) is 15.2. The third-order valence-electron chi connectivity index (χ3n) is 3.19. The molecule has 7 heteroatoms. The van der Waals surface area contributed by atoms with Crippen LogP contribution in [0.1, 0.15) is 18.9 Å². The molecule has 0 heterocycles. The van der Waals surface area contributed by atoms with Gasteiger partial charge in [0.05, 0.1) is 13.1 Å². The van der Waals surface area contributed by atoms with E-state index in [1.165, 1.54) is 0 Å². The standard InChI is InChI=1S/C18H28N4O2.HI/c1-5-11-19-18(21-14-17(23)22(3)4)20-13-15-9-7-8-10-16(15)24-12-6-2;/h6-10H,2,5,11-14H2,1,3-4H3,(H2,19,20,21);1H. The summed E-state index contributed by atoms with van der Waals surface area (Å²) in [6.07, 6.45) is 2.68. The Labute approximate surface area is 167 Å². The van der Waals surface area contributed by atoms with Crippen molar-refractivity contribution < 1.29 is 9.53 Å². The predicted octanol–water partition coefficient (Wildman–Crippen LogP) is 2.40. The van der Waals surface area contributed by atoms with Gasteiger partial charge in [-0.2, -0.15) is 0 Å². The van der Waals surface area contributed by atoms with Crippen LogP contribution in [0.2, 0.25) is 0 Å². The van der Waals surface area contributed by atoms with E-state index in [0.717, 1.165) is 24.3 Å². The highest BCUT2D eigenvalue weighted by Gasteiger charge is 2.06. The summed E-state index contributed by atoms with van der Waals surface area (Å²) >= 11 is 0. The van der Waals surface area contributed by atoms with Gasteiger partial charge in [0.1, 0.15) is 12.4 Å². The Morgan fingerprint density at radius 3 is 2.68 bits per heavy atom. The van der Waals surface area contributed by atoms with Gasteiger partial charge in [0.2, 0.25) is 5.91 Å². The molecular formula is C18H29IN4O2. The fourth-order valence-corrected chi connectivity index (χ4v) is 1.82. The Balaban J connectivity index is 0.00000576. The third-order valence-corrected chi connectivity index (χ3v) is 3.19. The molecule has 0 fully saturated rings. The van der Waals surface area contributed by atoms with E-state index in [0.29, 0.717) is 19.1 Å². The SMILES string of the molecule is C=CCOc1ccccc1CN=C(NCCC)NCC(=O)N(C)C.I. The van der Waals surface area contributed by atoms with E-state index in [-0.39, 0.29) is 36.4 Å². The van der Waals surface area contributed by atoms with Crippen LogP contribution in [-0.2, 0) is 11.3 Å². The van der Waals surface area contributed by atoms with Crippen molar-refractivity contribution in [1.82, 2.24) is 15.5 Å². The van der Waals surface area contributed by atoms with E-state index in [1.807, 2.05) is 24.3 Å². The number of hydrogen-bond donors (Lipinski definition) is 2. The number of nitrogens with zero attached hydrogens (tertiary/aromatic N) is 2. The number of amides is 1. The van der Waals surface area contributed by atoms with Gasteiger partial charge in [-0.05, 0) is 12.5 Å². The molecule has 6 nitrogen and oxygen atoms in total. The summed E-state index contributed by atoms with van der Waals surface area (Å²) in [5.41, 5.74) is 0.982. The number of halogens is 1. The summed E-state index contributed by atoms with van der Waals surface area (Å²) in [6, 6.07) is 7.77. The second-order valence-electron chi connectivity index (χ2n) is 5.44. The molecule has 25 heavy (non-hydrogen) atoms. The fraction of sp³-hybridized carbons (Fsp3) is 0.444. The van der Waals surface area contributed by atoms with E-state index >= 15 is 0 Å². The summed E-state index contributed by atoms with van der Waals surface area (Å²) in [7, 11) is 3.46. The number of likely N-dealkylation sites (N-methyl/N-ethyl adjacent to an activating group) is 1. The number of para-hydroxylation sites is 1. The van der Waals surface area contributed by atoms with Crippen molar-refractivity contribution in [3.8, 4) is 5.75 Å². The lowest BCUT2D eigenvalue weighted by Gasteiger charge is -2.15. The summed E-state index contributed by atoms with van der Waals surface area (Å²) < 4.78 is 5.64. The monoisotopic (exact) mass is 460 g/mol. The Morgan fingerprint density at radius 2 is 2.04 bits per heavy atom. The molecule has 0 aromatic heterocycles. The van der Waals surface area contributed by atoms with Gasteiger partial charge < -0.3 is 20.3 Å². The number of benzene rings is 1. The molecule has 0 aliphatic rings. The van der Waals surface area contributed by atoms with Crippen LogP contribution < -0.4 is 15.4 Å². The zero-order valence-corrected chi connectivity index (χ0v) is 17.6. The van der Waals surface area contributed by atoms with Crippen molar-refractivity contribution in [2.45, 2.75) is 19.9 Å². The topological polar surface area (TPSA) is 66.0 Å². The number of rotatable bonds is 9. The van der Waals surface area contributed by atoms with Crippen molar-refractivity contribution in [3.05, 3.63) is 42.5 Å². The van der Waals surface area contributed by atoms with E-state index < -0.39 is 0 Å². The summed E-state index contributed by atoms with van der Waals surface area (Å²) in [5, 5.41) is 6.27. The molecule has 0 aliphatic carbocycles. The maximum atomic E-state index is 11.7. The quantitative estimate of drug-likeness (QED) is 0.257. The van der Waals surface area contributed by atoms with Gasteiger partial charge in [-0.15, -0.1) is 24.0 Å². The first kappa shape index (κ1) is 23.2. The molecule has 0 bridgehead atoms. The fourth-order valence-electron chi connectivity index (χ4n) is 1.82. The molecule has 0 saturated heterocycles. The lowest BCUT2D eigenvalue weighted by Crippen LogP contribution is -2.43. The largest absolute Gasteiger partial charge is 0.489 e. The zero-order chi connectivity index (χ0) is 17.8. The molecule has 0 radical (unpaired) electrons. The maximum absolute atomic E-state index is 11.7. The number of ether oxygens (including phenoxy) is 1. The number of hydrogen-bond acceptors (Lipinski definition) is 3. The van der Waals surface area contributed by atoms with Crippen molar-refractivity contribution in [1.29, 1.82) is 0 Å². The lowest BCUT2D eigenvalue weighted by atomic mass is 10.2. The number of carbonyl (C=O) groups is 1. The van der Waals surface area contributed by atoms with E-state index in [4.69, 9.17) is 4.74 Å². The molecule has 0 spiro atoms. The second-order valence-corrected chi connectivity index (χ2v) is 5.44. The van der Waals surface area contributed by atoms with Crippen LogP contribution in [0.15, 0.2) is 41.9 Å². The Kier molecular flexibility index (Phi) is 12.6. The number of aliphatic imine (C=N–C) groups is 1. The third kappa shape index (κ3) is 9.33. The van der Waals surface area contributed by atoms with E-state index in [9.17, 15) is 4.79 Å². The van der Waals surface area contributed by atoms with Crippen LogP contribution in [0, 0.1) is 0 Å². The Bertz CT molecular complexity index is 562. The molecule has 1 aromatic rings. The van der Waals surface area contributed by atoms with Crippen LogP contribution in [0.5, 0.6) is 5.75 Å². The minimum Gasteiger partial charge on any atom is -0.489 e. The first-order valence-electron chi connectivity index (χ1n) is 8.12. The highest BCUT2D eigenvalue weighted by atomic mass is 127. The first-order valence-corrected chi connectivity index (χ1v) is 8.12. The molecule has 140 valence electrons. The van der Waals surface area contributed by atoms with E-state index in [1.54, 1.807) is 25.1 Å². The highest BCUT2D eigenvalue weighted by molar-refractivity contribution is 14.0. The second kappa shape index (κ2) is 13.5. The van der Waals surface area contributed by atoms with Gasteiger partial charge in [-0.3, -0.25) is 4.79 Å². The number of nitrogens with one attached hydrogen (secondary N) is 2. The minimum atomic E-state index is -0.00397. The average Bonchev–Trinajstić information content (AvgIpc) is 2.59. The molecule has 0 atom stereocenters. The van der Waals surface area contributed by atoms with Crippen LogP contribution in [0.4, 0.5) is 0 Å². The van der Waals surface area contributed by atoms with Crippen molar-refractivity contribution in [3.63, 3.8) is 0 Å². The predicted molar refractivity (Wildman–Crippen MR) is 114 cm³/mol. The highest BCUT2D eigenvalue weighted by Crippen LogP contribution is 2.18. The van der Waals surface area contributed by atoms with Crippen LogP contribution in [-0.4, -0.2) is 50.6 Å². The first-order chi connectivity index (χ1) is 11.6. The molecular weight excluding hydrogens is 431 g/mol. The molecule has 0 aliphatic heterocycles. The van der Waals surface area contributed by atoms with Gasteiger partial charge in [0.15, 0.2) is 5.96 Å². The summed E-state index contributed by atoms with van der Waals surface area (Å²) in [5.74, 6) is 1.40. The normalized spacial score (nSPS) is 10.4. The Hall–Kier alpha value is -1.77. The van der Waals surface area contributed by atoms with Crippen molar-refractivity contribution in [2.24, 2.45) is 4.99 Å².